The molecule has 0 radical (unpaired) electrons. The van der Waals surface area contributed by atoms with Crippen LogP contribution in [0.3, 0.4) is 0 Å². The standard InChI is InChI=1S/C39H34ClF3N8O4S/c1-49-36-33(12-11-28(40)35(36)37(47-49)48-56(2,54)55)51-38(45-31-18-23(9-10-27(31)39(51)53)26-5-3-4-6-29(26)43)32(17-21-15-24(41)19-25(42)16-21)44-34(52)20-50-14-13-30(46-50)22-7-8-22/h3-6,9-16,18-19,22,32,38,45H,7-8,17,20H2,1-2H3,(H,44,52)(H,47,48)/t32-,38?/m0/s1. The van der Waals surface area contributed by atoms with Crippen LogP contribution in [0.1, 0.15) is 40.4 Å². The first-order valence-corrected chi connectivity index (χ1v) is 19.9. The van der Waals surface area contributed by atoms with Crippen molar-refractivity contribution < 1.29 is 31.2 Å². The smallest absolute Gasteiger partial charge is 0.262 e. The van der Waals surface area contributed by atoms with Gasteiger partial charge in [-0.15, -0.1) is 0 Å². The first-order valence-electron chi connectivity index (χ1n) is 17.6. The molecule has 0 saturated heterocycles. The summed E-state index contributed by atoms with van der Waals surface area (Å²) in [6.07, 6.45) is 3.37. The normalized spacial score (nSPS) is 16.1. The highest BCUT2D eigenvalue weighted by atomic mass is 35.5. The number of benzene rings is 4. The van der Waals surface area contributed by atoms with E-state index in [1.54, 1.807) is 55.7 Å². The lowest BCUT2D eigenvalue weighted by Crippen LogP contribution is -2.61. The van der Waals surface area contributed by atoms with Gasteiger partial charge in [0.15, 0.2) is 5.82 Å². The van der Waals surface area contributed by atoms with Crippen molar-refractivity contribution in [3.63, 3.8) is 0 Å². The van der Waals surface area contributed by atoms with Crippen molar-refractivity contribution in [2.24, 2.45) is 7.05 Å². The molecule has 0 bridgehead atoms. The van der Waals surface area contributed by atoms with Crippen molar-refractivity contribution >= 4 is 61.5 Å². The molecule has 1 fully saturated rings. The maximum Gasteiger partial charge on any atom is 0.262 e. The van der Waals surface area contributed by atoms with Crippen molar-refractivity contribution in [3.05, 3.63) is 124 Å². The molecule has 3 heterocycles. The Kier molecular flexibility index (Phi) is 9.48. The second-order valence-corrected chi connectivity index (χ2v) is 16.2. The molecule has 17 heteroatoms. The van der Waals surface area contributed by atoms with Crippen LogP contribution >= 0.6 is 11.6 Å². The van der Waals surface area contributed by atoms with E-state index in [-0.39, 0.29) is 57.1 Å². The van der Waals surface area contributed by atoms with Gasteiger partial charge in [-0.25, -0.2) is 21.6 Å². The van der Waals surface area contributed by atoms with Crippen LogP contribution in [0.4, 0.5) is 30.4 Å². The molecule has 12 nitrogen and oxygen atoms in total. The lowest BCUT2D eigenvalue weighted by atomic mass is 9.95. The van der Waals surface area contributed by atoms with Crippen molar-refractivity contribution in [2.45, 2.75) is 43.9 Å². The minimum atomic E-state index is -3.82. The average molecular weight is 803 g/mol. The molecule has 1 saturated carbocycles. The van der Waals surface area contributed by atoms with Crippen molar-refractivity contribution in [2.75, 3.05) is 21.2 Å². The zero-order chi connectivity index (χ0) is 39.5. The first kappa shape index (κ1) is 37.1. The van der Waals surface area contributed by atoms with Crippen LogP contribution in [0.25, 0.3) is 22.0 Å². The predicted octanol–water partition coefficient (Wildman–Crippen LogP) is 6.58. The van der Waals surface area contributed by atoms with Crippen molar-refractivity contribution in [1.82, 2.24) is 24.9 Å². The van der Waals surface area contributed by atoms with E-state index in [0.717, 1.165) is 43.0 Å². The Morgan fingerprint density at radius 3 is 2.45 bits per heavy atom. The van der Waals surface area contributed by atoms with E-state index in [2.05, 4.69) is 25.6 Å². The van der Waals surface area contributed by atoms with Gasteiger partial charge < -0.3 is 10.6 Å². The molecule has 6 aromatic rings. The molecule has 1 aliphatic carbocycles. The third-order valence-electron chi connectivity index (χ3n) is 9.76. The monoisotopic (exact) mass is 802 g/mol. The molecule has 3 N–H and O–H groups in total. The van der Waals surface area contributed by atoms with Gasteiger partial charge in [0.2, 0.25) is 15.9 Å². The maximum absolute atomic E-state index is 15.0. The quantitative estimate of drug-likeness (QED) is 0.134. The molecule has 1 unspecified atom stereocenters. The molecule has 2 aliphatic rings. The van der Waals surface area contributed by atoms with E-state index in [4.69, 9.17) is 11.6 Å². The second-order valence-electron chi connectivity index (χ2n) is 14.0. The Labute approximate surface area is 324 Å². The molecule has 4 aromatic carbocycles. The van der Waals surface area contributed by atoms with E-state index in [1.165, 1.54) is 26.4 Å². The number of rotatable bonds is 11. The number of anilines is 3. The van der Waals surface area contributed by atoms with Gasteiger partial charge in [0.25, 0.3) is 5.91 Å². The fourth-order valence-corrected chi connectivity index (χ4v) is 7.95. The molecule has 1 aliphatic heterocycles. The Morgan fingerprint density at radius 2 is 1.73 bits per heavy atom. The summed E-state index contributed by atoms with van der Waals surface area (Å²) in [6, 6.07) is 17.8. The fourth-order valence-electron chi connectivity index (χ4n) is 7.22. The van der Waals surface area contributed by atoms with Gasteiger partial charge in [-0.1, -0.05) is 35.9 Å². The van der Waals surface area contributed by atoms with Crippen LogP contribution < -0.4 is 20.3 Å². The zero-order valence-electron chi connectivity index (χ0n) is 29.9. The van der Waals surface area contributed by atoms with Crippen LogP contribution in [0, 0.1) is 17.5 Å². The van der Waals surface area contributed by atoms with Crippen molar-refractivity contribution in [3.8, 4) is 11.1 Å². The first-order chi connectivity index (χ1) is 26.7. The minimum absolute atomic E-state index is 0.0781. The molecular formula is C39H34ClF3N8O4S. The lowest BCUT2D eigenvalue weighted by Gasteiger charge is -2.42. The third-order valence-corrected chi connectivity index (χ3v) is 10.6. The van der Waals surface area contributed by atoms with E-state index < -0.39 is 51.5 Å². The summed E-state index contributed by atoms with van der Waals surface area (Å²) in [7, 11) is -2.26. The number of fused-ring (bicyclic) bond motifs is 2. The van der Waals surface area contributed by atoms with Crippen LogP contribution in [0.2, 0.25) is 5.02 Å². The SMILES string of the molecule is Cn1nc(NS(C)(=O)=O)c2c(Cl)ccc(N3C(=O)c4ccc(-c5ccccc5F)cc4NC3[C@H](Cc3cc(F)cc(F)c3)NC(=O)Cn3ccc(C4CC4)n3)c21. The number of aryl methyl sites for hydroxylation is 1. The number of carbonyl (C=O) groups excluding carboxylic acids is 2. The summed E-state index contributed by atoms with van der Waals surface area (Å²) in [5.41, 5.74) is 2.79. The Bertz CT molecular complexity index is 2640. The third kappa shape index (κ3) is 7.41. The topological polar surface area (TPSA) is 143 Å². The van der Waals surface area contributed by atoms with Crippen LogP contribution in [-0.2, 0) is 34.8 Å². The number of hydrogen-bond acceptors (Lipinski definition) is 7. The van der Waals surface area contributed by atoms with Gasteiger partial charge in [0.1, 0.15) is 30.2 Å². The molecule has 0 spiro atoms. The number of nitrogens with zero attached hydrogens (tertiary/aromatic N) is 5. The van der Waals surface area contributed by atoms with Crippen LogP contribution in [0.5, 0.6) is 0 Å². The van der Waals surface area contributed by atoms with E-state index in [9.17, 15) is 26.8 Å². The highest BCUT2D eigenvalue weighted by Crippen LogP contribution is 2.42. The molecular weight excluding hydrogens is 769 g/mol. The number of aromatic nitrogens is 4. The summed E-state index contributed by atoms with van der Waals surface area (Å²) >= 11 is 6.65. The summed E-state index contributed by atoms with van der Waals surface area (Å²) in [5, 5.41) is 15.6. The summed E-state index contributed by atoms with van der Waals surface area (Å²) < 4.78 is 74.2. The number of hydrogen-bond donors (Lipinski definition) is 3. The van der Waals surface area contributed by atoms with Gasteiger partial charge in [-0.05, 0) is 78.9 Å². The van der Waals surface area contributed by atoms with Gasteiger partial charge in [0.05, 0.1) is 45.2 Å². The molecule has 8 rings (SSSR count). The minimum Gasteiger partial charge on any atom is -0.362 e. The summed E-state index contributed by atoms with van der Waals surface area (Å²) in [6.45, 7) is -0.192. The number of carbonyl (C=O) groups is 2. The Morgan fingerprint density at radius 1 is 0.982 bits per heavy atom. The Hall–Kier alpha value is -5.87. The Balaban J connectivity index is 1.28. The van der Waals surface area contributed by atoms with Crippen LogP contribution in [0.15, 0.2) is 85.1 Å². The van der Waals surface area contributed by atoms with E-state index >= 15 is 4.39 Å². The fraction of sp³-hybridized carbons (Fsp3) is 0.231. The largest absolute Gasteiger partial charge is 0.362 e. The highest BCUT2D eigenvalue weighted by Gasteiger charge is 2.41. The molecule has 2 atom stereocenters. The molecule has 2 amide bonds. The highest BCUT2D eigenvalue weighted by molar-refractivity contribution is 7.92. The average Bonchev–Trinajstić information content (AvgIpc) is 3.79. The summed E-state index contributed by atoms with van der Waals surface area (Å²) in [4.78, 5) is 30.2. The molecule has 288 valence electrons. The van der Waals surface area contributed by atoms with Crippen molar-refractivity contribution in [1.29, 1.82) is 0 Å². The zero-order valence-corrected chi connectivity index (χ0v) is 31.5. The lowest BCUT2D eigenvalue weighted by molar-refractivity contribution is -0.122. The van der Waals surface area contributed by atoms with Gasteiger partial charge in [-0.3, -0.25) is 28.6 Å². The maximum atomic E-state index is 15.0. The van der Waals surface area contributed by atoms with E-state index in [0.29, 0.717) is 17.2 Å². The van der Waals surface area contributed by atoms with E-state index in [1.807, 2.05) is 6.07 Å². The van der Waals surface area contributed by atoms with Gasteiger partial charge in [0, 0.05) is 36.5 Å². The molecule has 2 aromatic heterocycles. The number of amides is 2. The molecule has 56 heavy (non-hydrogen) atoms. The summed E-state index contributed by atoms with van der Waals surface area (Å²) in [5.74, 6) is -2.93. The number of halogens is 4. The predicted molar refractivity (Wildman–Crippen MR) is 206 cm³/mol. The number of nitrogens with one attached hydrogen (secondary N) is 3. The number of sulfonamides is 1. The van der Waals surface area contributed by atoms with Gasteiger partial charge in [-0.2, -0.15) is 10.2 Å². The van der Waals surface area contributed by atoms with Gasteiger partial charge >= 0.3 is 0 Å². The second kappa shape index (κ2) is 14.3. The van der Waals surface area contributed by atoms with Crippen LogP contribution in [-0.4, -0.2) is 58.3 Å².